The van der Waals surface area contributed by atoms with E-state index < -0.39 is 16.8 Å². The predicted molar refractivity (Wildman–Crippen MR) is 78.7 cm³/mol. The maximum Gasteiger partial charge on any atom is 0.311 e. The number of ether oxygens (including phenoxy) is 1. The molecule has 21 heavy (non-hydrogen) atoms. The summed E-state index contributed by atoms with van der Waals surface area (Å²) in [7, 11) is 0. The Kier molecular flexibility index (Phi) is 6.39. The fourth-order valence-corrected chi connectivity index (χ4v) is 1.97. The van der Waals surface area contributed by atoms with Gasteiger partial charge in [-0.15, -0.1) is 0 Å². The van der Waals surface area contributed by atoms with Crippen molar-refractivity contribution in [1.29, 1.82) is 0 Å². The largest absolute Gasteiger partial charge is 0.483 e. The molecule has 114 valence electrons. The van der Waals surface area contributed by atoms with Crippen LogP contribution in [0.5, 0.6) is 5.75 Å². The Morgan fingerprint density at radius 3 is 2.76 bits per heavy atom. The molecule has 0 fully saturated rings. The van der Waals surface area contributed by atoms with E-state index >= 15 is 0 Å². The van der Waals surface area contributed by atoms with E-state index in [1.54, 1.807) is 18.2 Å². The third kappa shape index (κ3) is 4.59. The van der Waals surface area contributed by atoms with Crippen molar-refractivity contribution in [2.24, 2.45) is 0 Å². The Morgan fingerprint density at radius 2 is 2.24 bits per heavy atom. The average molecular weight is 293 g/mol. The predicted octanol–water partition coefficient (Wildman–Crippen LogP) is 3.52. The summed E-state index contributed by atoms with van der Waals surface area (Å²) in [6, 6.07) is 4.33. The highest BCUT2D eigenvalue weighted by Gasteiger charge is 2.23. The number of nitro benzene ring substituents is 1. The number of aliphatic carboxylic acids is 1. The smallest absolute Gasteiger partial charge is 0.311 e. The van der Waals surface area contributed by atoms with Crippen molar-refractivity contribution in [2.45, 2.75) is 32.6 Å². The number of nitrogens with zero attached hydrogens (tertiary/aromatic N) is 1. The van der Waals surface area contributed by atoms with Gasteiger partial charge in [0.1, 0.15) is 6.61 Å². The van der Waals surface area contributed by atoms with Crippen molar-refractivity contribution in [3.05, 3.63) is 46.0 Å². The molecule has 0 amide bonds. The third-order valence-electron chi connectivity index (χ3n) is 3.03. The topological polar surface area (TPSA) is 89.7 Å². The number of nitro groups is 1. The van der Waals surface area contributed by atoms with E-state index in [0.717, 1.165) is 0 Å². The second kappa shape index (κ2) is 8.04. The van der Waals surface area contributed by atoms with E-state index in [4.69, 9.17) is 4.74 Å². The molecular formula is C15H19NO5. The number of carboxylic acid groups (broad SMARTS) is 1. The summed E-state index contributed by atoms with van der Waals surface area (Å²) in [5.74, 6) is -1.57. The molecule has 0 aliphatic rings. The second-order valence-corrected chi connectivity index (χ2v) is 4.54. The molecule has 0 bridgehead atoms. The highest BCUT2D eigenvalue weighted by atomic mass is 16.6. The van der Waals surface area contributed by atoms with Gasteiger partial charge in [0.25, 0.3) is 0 Å². The van der Waals surface area contributed by atoms with Gasteiger partial charge < -0.3 is 9.84 Å². The molecular weight excluding hydrogens is 274 g/mol. The molecule has 1 aromatic carbocycles. The number of benzene rings is 1. The first-order chi connectivity index (χ1) is 10.0. The second-order valence-electron chi connectivity index (χ2n) is 4.54. The lowest BCUT2D eigenvalue weighted by Gasteiger charge is -2.12. The van der Waals surface area contributed by atoms with E-state index in [2.05, 4.69) is 0 Å². The summed E-state index contributed by atoms with van der Waals surface area (Å²) in [4.78, 5) is 21.8. The average Bonchev–Trinajstić information content (AvgIpc) is 2.45. The maximum absolute atomic E-state index is 11.3. The lowest BCUT2D eigenvalue weighted by atomic mass is 9.94. The van der Waals surface area contributed by atoms with Gasteiger partial charge in [-0.2, -0.15) is 0 Å². The Labute approximate surface area is 123 Å². The van der Waals surface area contributed by atoms with Crippen LogP contribution in [0.4, 0.5) is 5.69 Å². The van der Waals surface area contributed by atoms with Crippen LogP contribution in [-0.2, 0) is 4.79 Å². The molecule has 0 aromatic heterocycles. The first kappa shape index (κ1) is 16.7. The highest BCUT2D eigenvalue weighted by molar-refractivity contribution is 5.76. The summed E-state index contributed by atoms with van der Waals surface area (Å²) in [5.41, 5.74) is 0.216. The quantitative estimate of drug-likeness (QED) is 0.450. The zero-order valence-corrected chi connectivity index (χ0v) is 12.1. The third-order valence-corrected chi connectivity index (χ3v) is 3.03. The standard InChI is InChI=1S/C15H19NO5/c1-3-5-9-21-14-8-7-11(10-13(14)16(19)20)12(6-4-2)15(17)18/h3,5,7-8,10,12H,4,6,9H2,1-2H3,(H,17,18). The van der Waals surface area contributed by atoms with E-state index in [1.807, 2.05) is 13.8 Å². The zero-order valence-electron chi connectivity index (χ0n) is 12.1. The molecule has 0 saturated heterocycles. The number of carbonyl (C=O) groups is 1. The van der Waals surface area contributed by atoms with E-state index in [-0.39, 0.29) is 18.0 Å². The van der Waals surface area contributed by atoms with Crippen LogP contribution in [0.2, 0.25) is 0 Å². The van der Waals surface area contributed by atoms with Crippen molar-refractivity contribution < 1.29 is 19.6 Å². The van der Waals surface area contributed by atoms with Crippen molar-refractivity contribution in [3.63, 3.8) is 0 Å². The van der Waals surface area contributed by atoms with Gasteiger partial charge in [0.2, 0.25) is 0 Å². The summed E-state index contributed by atoms with van der Waals surface area (Å²) in [5, 5.41) is 20.3. The molecule has 1 atom stereocenters. The Morgan fingerprint density at radius 1 is 1.52 bits per heavy atom. The number of allylic oxidation sites excluding steroid dienone is 1. The fraction of sp³-hybridized carbons (Fsp3) is 0.400. The molecule has 0 aliphatic carbocycles. The molecule has 1 unspecified atom stereocenters. The molecule has 0 saturated carbocycles. The van der Waals surface area contributed by atoms with Crippen LogP contribution in [0, 0.1) is 10.1 Å². The molecule has 0 radical (unpaired) electrons. The van der Waals surface area contributed by atoms with Crippen molar-refractivity contribution in [2.75, 3.05) is 6.61 Å². The Balaban J connectivity index is 3.12. The Bertz CT molecular complexity index is 539. The van der Waals surface area contributed by atoms with Crippen LogP contribution in [0.3, 0.4) is 0 Å². The highest BCUT2D eigenvalue weighted by Crippen LogP contribution is 2.32. The van der Waals surface area contributed by atoms with Gasteiger partial charge in [-0.25, -0.2) is 0 Å². The van der Waals surface area contributed by atoms with Gasteiger partial charge in [-0.3, -0.25) is 14.9 Å². The number of carboxylic acids is 1. The normalized spacial score (nSPS) is 12.3. The fourth-order valence-electron chi connectivity index (χ4n) is 1.97. The molecule has 1 N–H and O–H groups in total. The zero-order chi connectivity index (χ0) is 15.8. The maximum atomic E-state index is 11.3. The molecule has 0 aliphatic heterocycles. The molecule has 1 aromatic rings. The van der Waals surface area contributed by atoms with Crippen molar-refractivity contribution >= 4 is 11.7 Å². The minimum Gasteiger partial charge on any atom is -0.483 e. The van der Waals surface area contributed by atoms with E-state index in [0.29, 0.717) is 18.4 Å². The lowest BCUT2D eigenvalue weighted by Crippen LogP contribution is -2.12. The minimum atomic E-state index is -0.978. The van der Waals surface area contributed by atoms with Crippen LogP contribution in [0.25, 0.3) is 0 Å². The van der Waals surface area contributed by atoms with E-state index in [9.17, 15) is 20.0 Å². The lowest BCUT2D eigenvalue weighted by molar-refractivity contribution is -0.385. The van der Waals surface area contributed by atoms with Gasteiger partial charge in [-0.05, 0) is 25.0 Å². The first-order valence-electron chi connectivity index (χ1n) is 6.76. The molecule has 6 nitrogen and oxygen atoms in total. The molecule has 0 spiro atoms. The van der Waals surface area contributed by atoms with Crippen LogP contribution in [-0.4, -0.2) is 22.6 Å². The monoisotopic (exact) mass is 293 g/mol. The van der Waals surface area contributed by atoms with Gasteiger partial charge in [0, 0.05) is 6.07 Å². The van der Waals surface area contributed by atoms with Crippen LogP contribution < -0.4 is 4.74 Å². The SMILES string of the molecule is CC=CCOc1ccc(C(CCC)C(=O)O)cc1[N+](=O)[O-]. The first-order valence-corrected chi connectivity index (χ1v) is 6.76. The summed E-state index contributed by atoms with van der Waals surface area (Å²) < 4.78 is 5.32. The number of rotatable bonds is 8. The summed E-state index contributed by atoms with van der Waals surface area (Å²) >= 11 is 0. The van der Waals surface area contributed by atoms with Gasteiger partial charge in [0.15, 0.2) is 5.75 Å². The van der Waals surface area contributed by atoms with Crippen molar-refractivity contribution in [3.8, 4) is 5.75 Å². The van der Waals surface area contributed by atoms with Crippen LogP contribution in [0.15, 0.2) is 30.4 Å². The summed E-state index contributed by atoms with van der Waals surface area (Å²) in [6.07, 6.45) is 4.63. The van der Waals surface area contributed by atoms with Crippen LogP contribution >= 0.6 is 0 Å². The van der Waals surface area contributed by atoms with Crippen molar-refractivity contribution in [1.82, 2.24) is 0 Å². The van der Waals surface area contributed by atoms with Gasteiger partial charge in [-0.1, -0.05) is 31.6 Å². The molecule has 6 heteroatoms. The van der Waals surface area contributed by atoms with E-state index in [1.165, 1.54) is 12.1 Å². The minimum absolute atomic E-state index is 0.141. The number of hydrogen-bond donors (Lipinski definition) is 1. The van der Waals surface area contributed by atoms with Crippen LogP contribution in [0.1, 0.15) is 38.2 Å². The Hall–Kier alpha value is -2.37. The van der Waals surface area contributed by atoms with Gasteiger partial charge in [0.05, 0.1) is 10.8 Å². The molecule has 0 heterocycles. The van der Waals surface area contributed by atoms with Gasteiger partial charge >= 0.3 is 11.7 Å². The number of hydrogen-bond acceptors (Lipinski definition) is 4. The summed E-state index contributed by atoms with van der Waals surface area (Å²) in [6.45, 7) is 3.93. The molecule has 1 rings (SSSR count).